The first-order valence-corrected chi connectivity index (χ1v) is 8.15. The predicted octanol–water partition coefficient (Wildman–Crippen LogP) is 4.41. The maximum atomic E-state index is 6.25. The average Bonchev–Trinajstić information content (AvgIpc) is 2.93. The van der Waals surface area contributed by atoms with Gasteiger partial charge in [-0.1, -0.05) is 35.5 Å². The van der Waals surface area contributed by atoms with Gasteiger partial charge in [-0.25, -0.2) is 4.98 Å². The first kappa shape index (κ1) is 15.1. The second-order valence-corrected chi connectivity index (χ2v) is 6.30. The zero-order valence-electron chi connectivity index (χ0n) is 12.3. The second-order valence-electron chi connectivity index (χ2n) is 4.93. The van der Waals surface area contributed by atoms with Gasteiger partial charge in [-0.2, -0.15) is 0 Å². The normalized spacial score (nSPS) is 11.0. The number of aromatic nitrogens is 2. The lowest BCUT2D eigenvalue weighted by Crippen LogP contribution is -2.00. The fraction of sp³-hybridized carbons (Fsp3) is 0.188. The van der Waals surface area contributed by atoms with Crippen LogP contribution in [0.25, 0.3) is 11.0 Å². The van der Waals surface area contributed by atoms with Crippen LogP contribution in [0.1, 0.15) is 11.1 Å². The number of halogens is 1. The van der Waals surface area contributed by atoms with Crippen LogP contribution in [0.3, 0.4) is 0 Å². The number of rotatable bonds is 4. The lowest BCUT2D eigenvalue weighted by molar-refractivity contribution is 0.416. The topological polar surface area (TPSA) is 63.9 Å². The number of anilines is 1. The molecule has 0 unspecified atom stereocenters. The van der Waals surface area contributed by atoms with Crippen LogP contribution in [0.2, 0.25) is 5.02 Å². The van der Waals surface area contributed by atoms with Crippen molar-refractivity contribution in [3.05, 3.63) is 46.5 Å². The highest BCUT2D eigenvalue weighted by Crippen LogP contribution is 2.37. The Kier molecular flexibility index (Phi) is 4.18. The molecule has 0 bridgehead atoms. The number of thioether (sulfide) groups is 1. The van der Waals surface area contributed by atoms with E-state index >= 15 is 0 Å². The largest absolute Gasteiger partial charge is 0.495 e. The van der Waals surface area contributed by atoms with Gasteiger partial charge in [0.2, 0.25) is 0 Å². The minimum atomic E-state index is 0.607. The number of nitrogen functional groups attached to an aromatic ring is 1. The molecular formula is C16H16ClN3OS. The van der Waals surface area contributed by atoms with Gasteiger partial charge in [0.25, 0.3) is 0 Å². The van der Waals surface area contributed by atoms with E-state index in [4.69, 9.17) is 22.1 Å². The first-order chi connectivity index (χ1) is 10.6. The number of hydrogen-bond donors (Lipinski definition) is 2. The van der Waals surface area contributed by atoms with E-state index in [9.17, 15) is 0 Å². The quantitative estimate of drug-likeness (QED) is 0.548. The van der Waals surface area contributed by atoms with Crippen LogP contribution < -0.4 is 10.5 Å². The Balaban J connectivity index is 1.88. The summed E-state index contributed by atoms with van der Waals surface area (Å²) in [5.41, 5.74) is 10.7. The van der Waals surface area contributed by atoms with Crippen LogP contribution in [0, 0.1) is 6.92 Å². The summed E-state index contributed by atoms with van der Waals surface area (Å²) in [6.07, 6.45) is 0. The van der Waals surface area contributed by atoms with Crippen LogP contribution in [0.5, 0.6) is 5.75 Å². The highest BCUT2D eigenvalue weighted by atomic mass is 35.5. The standard InChI is InChI=1S/C16H16ClN3OS/c1-9-10(15(18)14(21-2)7-11(9)17)8-22-16-19-12-5-3-4-6-13(12)20-16/h3-7H,8,18H2,1-2H3,(H,19,20). The van der Waals surface area contributed by atoms with Gasteiger partial charge in [-0.05, 0) is 30.2 Å². The molecule has 0 aliphatic rings. The zero-order chi connectivity index (χ0) is 15.7. The lowest BCUT2D eigenvalue weighted by Gasteiger charge is -2.14. The van der Waals surface area contributed by atoms with Crippen molar-refractivity contribution in [2.75, 3.05) is 12.8 Å². The van der Waals surface area contributed by atoms with Crippen molar-refractivity contribution in [2.45, 2.75) is 17.8 Å². The Bertz CT molecular complexity index is 799. The Hall–Kier alpha value is -1.85. The summed E-state index contributed by atoms with van der Waals surface area (Å²) in [5.74, 6) is 1.28. The molecule has 0 spiro atoms. The summed E-state index contributed by atoms with van der Waals surface area (Å²) in [5, 5.41) is 1.52. The minimum Gasteiger partial charge on any atom is -0.495 e. The second kappa shape index (κ2) is 6.10. The van der Waals surface area contributed by atoms with Crippen molar-refractivity contribution in [2.24, 2.45) is 0 Å². The lowest BCUT2D eigenvalue weighted by atomic mass is 10.1. The molecule has 0 amide bonds. The number of nitrogens with two attached hydrogens (primary N) is 1. The highest BCUT2D eigenvalue weighted by molar-refractivity contribution is 7.98. The number of ether oxygens (including phenoxy) is 1. The van der Waals surface area contributed by atoms with Crippen molar-refractivity contribution in [1.82, 2.24) is 9.97 Å². The van der Waals surface area contributed by atoms with Gasteiger partial charge in [0.05, 0.1) is 23.8 Å². The molecule has 1 aromatic heterocycles. The van der Waals surface area contributed by atoms with Crippen LogP contribution >= 0.6 is 23.4 Å². The molecule has 0 saturated carbocycles. The highest BCUT2D eigenvalue weighted by Gasteiger charge is 2.14. The summed E-state index contributed by atoms with van der Waals surface area (Å²) < 4.78 is 5.28. The van der Waals surface area contributed by atoms with Gasteiger partial charge in [0.1, 0.15) is 5.75 Å². The van der Waals surface area contributed by atoms with Crippen molar-refractivity contribution < 1.29 is 4.74 Å². The summed E-state index contributed by atoms with van der Waals surface area (Å²) >= 11 is 7.84. The minimum absolute atomic E-state index is 0.607. The van der Waals surface area contributed by atoms with E-state index in [-0.39, 0.29) is 0 Å². The molecule has 0 aliphatic carbocycles. The summed E-state index contributed by atoms with van der Waals surface area (Å²) in [7, 11) is 1.59. The van der Waals surface area contributed by atoms with E-state index in [0.29, 0.717) is 22.2 Å². The number of nitrogens with zero attached hydrogens (tertiary/aromatic N) is 1. The molecule has 6 heteroatoms. The van der Waals surface area contributed by atoms with Crippen LogP contribution in [-0.4, -0.2) is 17.1 Å². The van der Waals surface area contributed by atoms with Crippen LogP contribution in [-0.2, 0) is 5.75 Å². The number of H-pyrrole nitrogens is 1. The molecule has 0 aliphatic heterocycles. The Morgan fingerprint density at radius 1 is 1.36 bits per heavy atom. The SMILES string of the molecule is COc1cc(Cl)c(C)c(CSc2nc3ccccc3[nH]2)c1N. The van der Waals surface area contributed by atoms with Gasteiger partial charge in [-0.3, -0.25) is 0 Å². The third-order valence-corrected chi connectivity index (χ3v) is 4.89. The summed E-state index contributed by atoms with van der Waals surface area (Å²) in [4.78, 5) is 7.85. The number of fused-ring (bicyclic) bond motifs is 1. The number of imidazole rings is 1. The molecule has 4 nitrogen and oxygen atoms in total. The molecule has 114 valence electrons. The van der Waals surface area contributed by atoms with E-state index in [0.717, 1.165) is 27.3 Å². The van der Waals surface area contributed by atoms with Crippen LogP contribution in [0.15, 0.2) is 35.5 Å². The number of nitrogens with one attached hydrogen (secondary N) is 1. The molecule has 0 radical (unpaired) electrons. The number of aromatic amines is 1. The smallest absolute Gasteiger partial charge is 0.166 e. The van der Waals surface area contributed by atoms with Crippen molar-refractivity contribution in [1.29, 1.82) is 0 Å². The monoisotopic (exact) mass is 333 g/mol. The average molecular weight is 334 g/mol. The van der Waals surface area contributed by atoms with Gasteiger partial charge < -0.3 is 15.5 Å². The number of methoxy groups -OCH3 is 1. The van der Waals surface area contributed by atoms with Gasteiger partial charge in [-0.15, -0.1) is 0 Å². The predicted molar refractivity (Wildman–Crippen MR) is 92.8 cm³/mol. The Morgan fingerprint density at radius 2 is 2.14 bits per heavy atom. The van der Waals surface area contributed by atoms with E-state index in [1.807, 2.05) is 31.2 Å². The third-order valence-electron chi connectivity index (χ3n) is 3.60. The molecular weight excluding hydrogens is 318 g/mol. The summed E-state index contributed by atoms with van der Waals surface area (Å²) in [6, 6.07) is 9.70. The van der Waals surface area contributed by atoms with E-state index in [1.165, 1.54) is 0 Å². The molecule has 22 heavy (non-hydrogen) atoms. The molecule has 1 heterocycles. The number of benzene rings is 2. The molecule has 3 N–H and O–H groups in total. The number of hydrogen-bond acceptors (Lipinski definition) is 4. The van der Waals surface area contributed by atoms with Crippen molar-refractivity contribution in [3.63, 3.8) is 0 Å². The molecule has 3 aromatic rings. The van der Waals surface area contributed by atoms with E-state index in [2.05, 4.69) is 9.97 Å². The maximum absolute atomic E-state index is 6.25. The van der Waals surface area contributed by atoms with Gasteiger partial charge >= 0.3 is 0 Å². The van der Waals surface area contributed by atoms with Crippen molar-refractivity contribution >= 4 is 40.1 Å². The van der Waals surface area contributed by atoms with Gasteiger partial charge in [0.15, 0.2) is 5.16 Å². The summed E-state index contributed by atoms with van der Waals surface area (Å²) in [6.45, 7) is 1.96. The molecule has 0 fully saturated rings. The molecule has 0 saturated heterocycles. The van der Waals surface area contributed by atoms with Gasteiger partial charge in [0, 0.05) is 16.8 Å². The fourth-order valence-electron chi connectivity index (χ4n) is 2.29. The molecule has 0 atom stereocenters. The van der Waals surface area contributed by atoms with Crippen molar-refractivity contribution in [3.8, 4) is 5.75 Å². The van der Waals surface area contributed by atoms with E-state index < -0.39 is 0 Å². The maximum Gasteiger partial charge on any atom is 0.166 e. The van der Waals surface area contributed by atoms with E-state index in [1.54, 1.807) is 24.9 Å². The molecule has 2 aromatic carbocycles. The Labute approximate surface area is 138 Å². The third kappa shape index (κ3) is 2.74. The zero-order valence-corrected chi connectivity index (χ0v) is 13.9. The molecule has 3 rings (SSSR count). The Morgan fingerprint density at radius 3 is 2.86 bits per heavy atom. The first-order valence-electron chi connectivity index (χ1n) is 6.79. The fourth-order valence-corrected chi connectivity index (χ4v) is 3.50. The number of para-hydroxylation sites is 2. The van der Waals surface area contributed by atoms with Crippen LogP contribution in [0.4, 0.5) is 5.69 Å².